The zero-order valence-electron chi connectivity index (χ0n) is 37.5. The number of hydrogen-bond donors (Lipinski definition) is 2. The molecule has 8 bridgehead atoms. The summed E-state index contributed by atoms with van der Waals surface area (Å²) >= 11 is 0. The third kappa shape index (κ3) is 7.39. The molecule has 4 aliphatic rings. The third-order valence-electron chi connectivity index (χ3n) is 13.3. The fraction of sp³-hybridized carbons (Fsp3) is 0.155. The fourth-order valence-electron chi connectivity index (χ4n) is 9.94. The van der Waals surface area contributed by atoms with Gasteiger partial charge in [0.2, 0.25) is 0 Å². The second kappa shape index (κ2) is 17.3. The van der Waals surface area contributed by atoms with E-state index in [1.807, 2.05) is 48.5 Å². The molecule has 8 nitrogen and oxygen atoms in total. The molecule has 2 N–H and O–H groups in total. The van der Waals surface area contributed by atoms with E-state index in [1.54, 1.807) is 28.4 Å². The van der Waals surface area contributed by atoms with Gasteiger partial charge in [-0.2, -0.15) is 0 Å². The van der Waals surface area contributed by atoms with Crippen molar-refractivity contribution in [2.75, 3.05) is 41.5 Å². The van der Waals surface area contributed by atoms with Gasteiger partial charge < -0.3 is 28.9 Å². The van der Waals surface area contributed by atoms with E-state index in [9.17, 15) is 0 Å². The molecule has 66 heavy (non-hydrogen) atoms. The Hall–Kier alpha value is -7.81. The molecular formula is C58H50N4O4. The van der Waals surface area contributed by atoms with E-state index in [1.165, 1.54) is 24.0 Å². The van der Waals surface area contributed by atoms with Gasteiger partial charge in [0.25, 0.3) is 0 Å². The molecular weight excluding hydrogens is 817 g/mol. The lowest BCUT2D eigenvalue weighted by atomic mass is 9.95. The highest BCUT2D eigenvalue weighted by molar-refractivity contribution is 6.13. The molecule has 2 aliphatic heterocycles. The van der Waals surface area contributed by atoms with E-state index < -0.39 is 0 Å². The van der Waals surface area contributed by atoms with Crippen LogP contribution in [0.1, 0.15) is 35.4 Å². The van der Waals surface area contributed by atoms with Crippen molar-refractivity contribution in [1.29, 1.82) is 0 Å². The summed E-state index contributed by atoms with van der Waals surface area (Å²) < 4.78 is 22.6. The van der Waals surface area contributed by atoms with Gasteiger partial charge in [0.1, 0.15) is 23.0 Å². The number of benzene rings is 4. The van der Waals surface area contributed by atoms with E-state index in [-0.39, 0.29) is 6.04 Å². The van der Waals surface area contributed by atoms with Crippen LogP contribution in [-0.2, 0) is 0 Å². The van der Waals surface area contributed by atoms with E-state index >= 15 is 0 Å². The summed E-state index contributed by atoms with van der Waals surface area (Å²) in [5.74, 6) is 3.18. The minimum Gasteiger partial charge on any atom is -0.497 e. The number of aromatic nitrogens is 3. The molecule has 0 radical (unpaired) electrons. The van der Waals surface area contributed by atoms with Crippen molar-refractivity contribution in [2.24, 2.45) is 0 Å². The molecule has 1 saturated heterocycles. The number of H-pyrrole nitrogens is 2. The maximum Gasteiger partial charge on any atom is 0.118 e. The minimum atomic E-state index is 0.186. The average molecular weight is 867 g/mol. The number of aromatic amines is 2. The molecule has 1 fully saturated rings. The Kier molecular flexibility index (Phi) is 10.7. The molecule has 326 valence electrons. The first-order valence-corrected chi connectivity index (χ1v) is 22.5. The van der Waals surface area contributed by atoms with Gasteiger partial charge in [0, 0.05) is 50.4 Å². The van der Waals surface area contributed by atoms with Gasteiger partial charge in [-0.05, 0) is 161 Å². The monoisotopic (exact) mass is 866 g/mol. The number of nitrogens with one attached hydrogen (secondary N) is 2. The number of methoxy groups -OCH3 is 4. The van der Waals surface area contributed by atoms with Crippen LogP contribution in [0.3, 0.4) is 0 Å². The SMILES string of the molecule is COc1ccc(-c2c3cc(c(-c4ccc(OC)cc4)c4ccc([nH]4)c(-c4ccc(OC)cc4)c4nc(c(-c5ccc(OC)cc5)c5ccc2[nH]5)C=C4)C2=C3C=CC(N3CCCC3)C=C2)cc1. The Balaban J connectivity index is 1.31. The number of hydrogen-bond acceptors (Lipinski definition) is 6. The molecule has 0 unspecified atom stereocenters. The van der Waals surface area contributed by atoms with Crippen molar-refractivity contribution in [3.63, 3.8) is 0 Å². The molecule has 8 heteroatoms. The number of likely N-dealkylation sites (tertiary alicyclic amines) is 1. The predicted molar refractivity (Wildman–Crippen MR) is 270 cm³/mol. The van der Waals surface area contributed by atoms with Crippen LogP contribution in [0.5, 0.6) is 23.0 Å². The number of ether oxygens (including phenoxy) is 4. The summed E-state index contributed by atoms with van der Waals surface area (Å²) in [6, 6.07) is 44.7. The van der Waals surface area contributed by atoms with Gasteiger partial charge in [0.15, 0.2) is 0 Å². The average Bonchev–Trinajstić information content (AvgIpc) is 4.24. The Morgan fingerprint density at radius 1 is 0.424 bits per heavy atom. The Labute approximate surface area is 384 Å². The fourth-order valence-corrected chi connectivity index (χ4v) is 9.94. The highest BCUT2D eigenvalue weighted by Crippen LogP contribution is 2.47. The molecule has 11 rings (SSSR count). The van der Waals surface area contributed by atoms with Crippen molar-refractivity contribution >= 4 is 45.4 Å². The Bertz CT molecular complexity index is 3070. The maximum atomic E-state index is 5.69. The van der Waals surface area contributed by atoms with Crippen molar-refractivity contribution in [3.05, 3.63) is 174 Å². The summed E-state index contributed by atoms with van der Waals surface area (Å²) in [5.41, 5.74) is 18.4. The summed E-state index contributed by atoms with van der Waals surface area (Å²) in [4.78, 5) is 16.0. The van der Waals surface area contributed by atoms with Crippen molar-refractivity contribution in [1.82, 2.24) is 19.9 Å². The van der Waals surface area contributed by atoms with Gasteiger partial charge >= 0.3 is 0 Å². The van der Waals surface area contributed by atoms with Gasteiger partial charge in [-0.3, -0.25) is 4.90 Å². The van der Waals surface area contributed by atoms with Crippen LogP contribution in [-0.4, -0.2) is 67.4 Å². The van der Waals surface area contributed by atoms with Gasteiger partial charge in [-0.1, -0.05) is 72.8 Å². The molecule has 0 amide bonds. The van der Waals surface area contributed by atoms with Gasteiger partial charge in [-0.25, -0.2) is 4.98 Å². The lowest BCUT2D eigenvalue weighted by molar-refractivity contribution is 0.323. The van der Waals surface area contributed by atoms with Crippen LogP contribution < -0.4 is 18.9 Å². The molecule has 3 aromatic heterocycles. The summed E-state index contributed by atoms with van der Waals surface area (Å²) in [6.45, 7) is 2.18. The van der Waals surface area contributed by atoms with Gasteiger partial charge in [0.05, 0.1) is 39.8 Å². The van der Waals surface area contributed by atoms with Crippen LogP contribution in [0.2, 0.25) is 0 Å². The summed E-state index contributed by atoms with van der Waals surface area (Å²) in [6.07, 6.45) is 16.2. The second-order valence-electron chi connectivity index (χ2n) is 17.0. The number of fused-ring (bicyclic) bond motifs is 10. The third-order valence-corrected chi connectivity index (χ3v) is 13.3. The zero-order valence-corrected chi connectivity index (χ0v) is 37.5. The number of nitrogens with zero attached hydrogens (tertiary/aromatic N) is 2. The largest absolute Gasteiger partial charge is 0.497 e. The van der Waals surface area contributed by atoms with Crippen LogP contribution >= 0.6 is 0 Å². The molecule has 0 saturated carbocycles. The molecule has 2 aliphatic carbocycles. The van der Waals surface area contributed by atoms with Gasteiger partial charge in [-0.15, -0.1) is 0 Å². The highest BCUT2D eigenvalue weighted by atomic mass is 16.5. The van der Waals surface area contributed by atoms with Crippen molar-refractivity contribution < 1.29 is 18.9 Å². The molecule has 5 heterocycles. The first-order valence-electron chi connectivity index (χ1n) is 22.5. The first-order chi connectivity index (χ1) is 32.5. The topological polar surface area (TPSA) is 84.6 Å². The van der Waals surface area contributed by atoms with Crippen molar-refractivity contribution in [2.45, 2.75) is 18.9 Å². The summed E-state index contributed by atoms with van der Waals surface area (Å²) in [5, 5.41) is 0. The first kappa shape index (κ1) is 40.9. The lowest BCUT2D eigenvalue weighted by Gasteiger charge is -2.21. The molecule has 0 atom stereocenters. The predicted octanol–water partition coefficient (Wildman–Crippen LogP) is 13.3. The van der Waals surface area contributed by atoms with E-state index in [0.29, 0.717) is 0 Å². The van der Waals surface area contributed by atoms with Crippen LogP contribution in [0.4, 0.5) is 0 Å². The Morgan fingerprint density at radius 3 is 1.11 bits per heavy atom. The zero-order chi connectivity index (χ0) is 44.7. The van der Waals surface area contributed by atoms with Crippen LogP contribution in [0.15, 0.2) is 152 Å². The normalized spacial score (nSPS) is 14.7. The highest BCUT2D eigenvalue weighted by Gasteiger charge is 2.27. The van der Waals surface area contributed by atoms with Crippen LogP contribution in [0.25, 0.3) is 89.9 Å². The Morgan fingerprint density at radius 2 is 0.758 bits per heavy atom. The van der Waals surface area contributed by atoms with E-state index in [4.69, 9.17) is 23.9 Å². The second-order valence-corrected chi connectivity index (χ2v) is 17.0. The quantitative estimate of drug-likeness (QED) is 0.150. The molecule has 0 spiro atoms. The number of rotatable bonds is 9. The van der Waals surface area contributed by atoms with E-state index in [0.717, 1.165) is 125 Å². The maximum absolute atomic E-state index is 5.69. The standard InChI is InChI=1S/C58H50N4O4/c1-63-41-17-7-36(8-18-41)55-47-35-48(46-26-16-40(15-25-45(46)47)62-33-5-6-34-62)56(37-9-19-42(64-2)20-10-37)50-28-30-52(60-50)58(39-13-23-44(66-4)24-14-39)54-32-31-53(61-54)57(51-29-27-49(55)59-51)38-11-21-43(65-3)22-12-38/h7-32,35,40,59-60H,5-6,33-34H2,1-4H3. The minimum absolute atomic E-state index is 0.186. The smallest absolute Gasteiger partial charge is 0.118 e. The molecule has 7 aromatic rings. The van der Waals surface area contributed by atoms with Crippen molar-refractivity contribution in [3.8, 4) is 67.5 Å². The van der Waals surface area contributed by atoms with Crippen LogP contribution in [0, 0.1) is 0 Å². The summed E-state index contributed by atoms with van der Waals surface area (Å²) in [7, 11) is 6.81. The lowest BCUT2D eigenvalue weighted by Crippen LogP contribution is -2.29. The molecule has 4 aromatic carbocycles. The number of allylic oxidation sites excluding steroid dienone is 4. The van der Waals surface area contributed by atoms with E-state index in [2.05, 4.69) is 130 Å².